The van der Waals surface area contributed by atoms with Crippen LogP contribution >= 0.6 is 0 Å². The van der Waals surface area contributed by atoms with Gasteiger partial charge >= 0.3 is 0 Å². The lowest BCUT2D eigenvalue weighted by atomic mass is 9.99. The summed E-state index contributed by atoms with van der Waals surface area (Å²) in [7, 11) is 0. The zero-order chi connectivity index (χ0) is 16.5. The predicted octanol–water partition coefficient (Wildman–Crippen LogP) is 1.92. The van der Waals surface area contributed by atoms with Crippen molar-refractivity contribution in [1.82, 2.24) is 9.80 Å². The van der Waals surface area contributed by atoms with E-state index < -0.39 is 5.60 Å². The fraction of sp³-hybridized carbons (Fsp3) is 0.706. The summed E-state index contributed by atoms with van der Waals surface area (Å²) in [5.41, 5.74) is 0.298. The van der Waals surface area contributed by atoms with E-state index in [4.69, 9.17) is 4.42 Å². The van der Waals surface area contributed by atoms with Gasteiger partial charge in [-0.1, -0.05) is 0 Å². The first kappa shape index (κ1) is 17.0. The van der Waals surface area contributed by atoms with Crippen LogP contribution in [-0.2, 0) is 4.79 Å². The number of aliphatic hydroxyl groups is 1. The largest absolute Gasteiger partial charge is 0.466 e. The van der Waals surface area contributed by atoms with Gasteiger partial charge in [-0.3, -0.25) is 9.69 Å². The van der Waals surface area contributed by atoms with E-state index >= 15 is 0 Å². The zero-order valence-corrected chi connectivity index (χ0v) is 14.3. The van der Waals surface area contributed by atoms with Crippen LogP contribution in [0.25, 0.3) is 0 Å². The van der Waals surface area contributed by atoms with E-state index in [0.29, 0.717) is 6.54 Å². The molecule has 0 spiro atoms. The van der Waals surface area contributed by atoms with E-state index in [0.717, 1.165) is 43.3 Å². The zero-order valence-electron chi connectivity index (χ0n) is 14.3. The normalized spacial score (nSPS) is 18.5. The number of carbonyl (C=O) groups excluding carboxylic acids is 1. The fourth-order valence-electron chi connectivity index (χ4n) is 3.16. The predicted molar refractivity (Wildman–Crippen MR) is 85.9 cm³/mol. The van der Waals surface area contributed by atoms with Gasteiger partial charge < -0.3 is 14.4 Å². The molecular formula is C17H28N2O3. The average molecular weight is 308 g/mol. The molecule has 1 aromatic heterocycles. The maximum Gasteiger partial charge on any atom is 0.230 e. The van der Waals surface area contributed by atoms with Gasteiger partial charge in [0.05, 0.1) is 11.5 Å². The molecular weight excluding hydrogens is 280 g/mol. The number of hydrogen-bond donors (Lipinski definition) is 1. The van der Waals surface area contributed by atoms with E-state index in [1.54, 1.807) is 0 Å². The minimum atomic E-state index is -0.690. The summed E-state index contributed by atoms with van der Waals surface area (Å²) in [6.45, 7) is 13.1. The average Bonchev–Trinajstić information content (AvgIpc) is 2.75. The Morgan fingerprint density at radius 3 is 2.36 bits per heavy atom. The number of nitrogens with zero attached hydrogens (tertiary/aromatic N) is 2. The number of hydrogen-bond acceptors (Lipinski definition) is 4. The minimum Gasteiger partial charge on any atom is -0.466 e. The van der Waals surface area contributed by atoms with Crippen molar-refractivity contribution in [1.29, 1.82) is 0 Å². The number of amides is 1. The molecule has 5 heteroatoms. The highest BCUT2D eigenvalue weighted by Crippen LogP contribution is 2.25. The Balaban J connectivity index is 1.93. The Kier molecular flexibility index (Phi) is 4.97. The second-order valence-electron chi connectivity index (χ2n) is 7.00. The standard InChI is InChI=1S/C17H28N2O3/c1-12-10-15(14(3)22-12)13(2)16(20)19-8-6-18(7-9-19)11-17(4,5)21/h10,13,21H,6-9,11H2,1-5H3/t13-/m0/s1. The van der Waals surface area contributed by atoms with E-state index in [2.05, 4.69) is 4.90 Å². The van der Waals surface area contributed by atoms with Gasteiger partial charge in [-0.15, -0.1) is 0 Å². The van der Waals surface area contributed by atoms with Crippen LogP contribution in [0.2, 0.25) is 0 Å². The summed E-state index contributed by atoms with van der Waals surface area (Å²) in [5.74, 6) is 1.67. The Labute approximate surface area is 132 Å². The van der Waals surface area contributed by atoms with Crippen LogP contribution in [0.4, 0.5) is 0 Å². The molecule has 0 aliphatic carbocycles. The first-order chi connectivity index (χ1) is 10.2. The monoisotopic (exact) mass is 308 g/mol. The molecule has 1 amide bonds. The summed E-state index contributed by atoms with van der Waals surface area (Å²) in [6.07, 6.45) is 0. The smallest absolute Gasteiger partial charge is 0.230 e. The first-order valence-corrected chi connectivity index (χ1v) is 7.98. The van der Waals surface area contributed by atoms with Gasteiger partial charge in [0.25, 0.3) is 0 Å². The molecule has 1 aliphatic heterocycles. The van der Waals surface area contributed by atoms with Crippen molar-refractivity contribution in [2.45, 2.75) is 46.1 Å². The Morgan fingerprint density at radius 1 is 1.32 bits per heavy atom. The topological polar surface area (TPSA) is 56.9 Å². The molecule has 1 atom stereocenters. The minimum absolute atomic E-state index is 0.159. The molecule has 0 radical (unpaired) electrons. The van der Waals surface area contributed by atoms with E-state index in [-0.39, 0.29) is 11.8 Å². The molecule has 1 N–H and O–H groups in total. The molecule has 124 valence electrons. The third kappa shape index (κ3) is 4.11. The number of aryl methyl sites for hydroxylation is 2. The molecule has 0 bridgehead atoms. The highest BCUT2D eigenvalue weighted by Gasteiger charge is 2.29. The van der Waals surface area contributed by atoms with Gasteiger partial charge in [0, 0.05) is 38.3 Å². The summed E-state index contributed by atoms with van der Waals surface area (Å²) in [6, 6.07) is 1.96. The maximum atomic E-state index is 12.7. The van der Waals surface area contributed by atoms with E-state index in [1.807, 2.05) is 45.6 Å². The molecule has 0 unspecified atom stereocenters. The Bertz CT molecular complexity index is 522. The molecule has 0 saturated carbocycles. The lowest BCUT2D eigenvalue weighted by molar-refractivity contribution is -0.134. The maximum absolute atomic E-state index is 12.7. The molecule has 1 aromatic rings. The highest BCUT2D eigenvalue weighted by atomic mass is 16.3. The number of rotatable bonds is 4. The van der Waals surface area contributed by atoms with Crippen LogP contribution in [0.5, 0.6) is 0 Å². The van der Waals surface area contributed by atoms with Gasteiger partial charge in [0.2, 0.25) is 5.91 Å². The molecule has 2 rings (SSSR count). The molecule has 5 nitrogen and oxygen atoms in total. The van der Waals surface area contributed by atoms with E-state index in [9.17, 15) is 9.90 Å². The first-order valence-electron chi connectivity index (χ1n) is 7.98. The number of piperazine rings is 1. The van der Waals surface area contributed by atoms with Crippen molar-refractivity contribution < 1.29 is 14.3 Å². The molecule has 22 heavy (non-hydrogen) atoms. The third-order valence-electron chi connectivity index (χ3n) is 4.21. The number of furan rings is 1. The lowest BCUT2D eigenvalue weighted by Crippen LogP contribution is -2.52. The third-order valence-corrected chi connectivity index (χ3v) is 4.21. The summed E-state index contributed by atoms with van der Waals surface area (Å²) >= 11 is 0. The second kappa shape index (κ2) is 6.42. The summed E-state index contributed by atoms with van der Waals surface area (Å²) < 4.78 is 5.54. The SMILES string of the molecule is Cc1cc([C@H](C)C(=O)N2CCN(CC(C)(C)O)CC2)c(C)o1. The number of β-amino-alcohol motifs (C(OH)–C–C–N with tert-alkyl or cyclic N) is 1. The second-order valence-corrected chi connectivity index (χ2v) is 7.00. The molecule has 1 fully saturated rings. The van der Waals surface area contributed by atoms with Gasteiger partial charge in [-0.25, -0.2) is 0 Å². The van der Waals surface area contributed by atoms with Crippen LogP contribution in [0.3, 0.4) is 0 Å². The van der Waals surface area contributed by atoms with Crippen LogP contribution < -0.4 is 0 Å². The quantitative estimate of drug-likeness (QED) is 0.923. The van der Waals surface area contributed by atoms with Crippen molar-refractivity contribution >= 4 is 5.91 Å². The summed E-state index contributed by atoms with van der Waals surface area (Å²) in [5, 5.41) is 9.88. The molecule has 2 heterocycles. The molecule has 0 aromatic carbocycles. The Hall–Kier alpha value is -1.33. The van der Waals surface area contributed by atoms with Crippen molar-refractivity contribution in [2.24, 2.45) is 0 Å². The van der Waals surface area contributed by atoms with Gasteiger partial charge in [-0.2, -0.15) is 0 Å². The lowest BCUT2D eigenvalue weighted by Gasteiger charge is -2.38. The van der Waals surface area contributed by atoms with Crippen molar-refractivity contribution in [3.8, 4) is 0 Å². The van der Waals surface area contributed by atoms with Crippen molar-refractivity contribution in [2.75, 3.05) is 32.7 Å². The molecule has 1 aliphatic rings. The summed E-state index contributed by atoms with van der Waals surface area (Å²) in [4.78, 5) is 16.8. The Morgan fingerprint density at radius 2 is 1.91 bits per heavy atom. The van der Waals surface area contributed by atoms with Crippen molar-refractivity contribution in [3.63, 3.8) is 0 Å². The van der Waals surface area contributed by atoms with Gasteiger partial charge in [-0.05, 0) is 40.7 Å². The van der Waals surface area contributed by atoms with Crippen LogP contribution in [0, 0.1) is 13.8 Å². The molecule has 1 saturated heterocycles. The van der Waals surface area contributed by atoms with Gasteiger partial charge in [0.15, 0.2) is 0 Å². The van der Waals surface area contributed by atoms with Crippen LogP contribution in [0.15, 0.2) is 10.5 Å². The van der Waals surface area contributed by atoms with E-state index in [1.165, 1.54) is 0 Å². The number of carbonyl (C=O) groups is 1. The van der Waals surface area contributed by atoms with Crippen LogP contribution in [-0.4, -0.2) is 59.1 Å². The van der Waals surface area contributed by atoms with Crippen molar-refractivity contribution in [3.05, 3.63) is 23.2 Å². The van der Waals surface area contributed by atoms with Crippen LogP contribution in [0.1, 0.15) is 43.8 Å². The fourth-order valence-corrected chi connectivity index (χ4v) is 3.16. The highest BCUT2D eigenvalue weighted by molar-refractivity contribution is 5.83. The van der Waals surface area contributed by atoms with Gasteiger partial charge in [0.1, 0.15) is 11.5 Å².